The second kappa shape index (κ2) is 6.86. The fourth-order valence-corrected chi connectivity index (χ4v) is 4.29. The number of hydrogen-bond donors (Lipinski definition) is 1. The van der Waals surface area contributed by atoms with Gasteiger partial charge in [0.1, 0.15) is 0 Å². The van der Waals surface area contributed by atoms with Crippen LogP contribution < -0.4 is 5.32 Å². The Balaban J connectivity index is 1.96. The van der Waals surface area contributed by atoms with E-state index < -0.39 is 0 Å². The van der Waals surface area contributed by atoms with Gasteiger partial charge < -0.3 is 5.32 Å². The maximum Gasteiger partial charge on any atom is 0.0931 e. The van der Waals surface area contributed by atoms with Gasteiger partial charge in [0.05, 0.1) is 4.34 Å². The molecular formula is C14H19ClN2S2. The van der Waals surface area contributed by atoms with E-state index in [0.717, 1.165) is 24.0 Å². The van der Waals surface area contributed by atoms with Crippen molar-refractivity contribution in [1.82, 2.24) is 10.2 Å². The van der Waals surface area contributed by atoms with Crippen molar-refractivity contribution in [3.8, 4) is 0 Å². The lowest BCUT2D eigenvalue weighted by molar-refractivity contribution is 0.322. The second-order valence-corrected chi connectivity index (χ2v) is 7.84. The Labute approximate surface area is 128 Å². The van der Waals surface area contributed by atoms with Gasteiger partial charge in [-0.25, -0.2) is 0 Å². The highest BCUT2D eigenvalue weighted by molar-refractivity contribution is 7.16. The van der Waals surface area contributed by atoms with Crippen LogP contribution in [0.15, 0.2) is 18.2 Å². The zero-order chi connectivity index (χ0) is 13.8. The van der Waals surface area contributed by atoms with Crippen LogP contribution >= 0.6 is 34.3 Å². The molecule has 5 heteroatoms. The van der Waals surface area contributed by atoms with Crippen molar-refractivity contribution >= 4 is 34.3 Å². The summed E-state index contributed by atoms with van der Waals surface area (Å²) < 4.78 is 0.867. The van der Waals surface area contributed by atoms with Gasteiger partial charge in [0.2, 0.25) is 0 Å². The molecule has 0 aliphatic rings. The third kappa shape index (κ3) is 4.29. The van der Waals surface area contributed by atoms with Gasteiger partial charge in [-0.2, -0.15) is 0 Å². The van der Waals surface area contributed by atoms with Crippen LogP contribution in [0.4, 0.5) is 0 Å². The summed E-state index contributed by atoms with van der Waals surface area (Å²) in [5.74, 6) is 0. The molecule has 1 N–H and O–H groups in total. The molecule has 2 heterocycles. The normalized spacial score (nSPS) is 11.4. The summed E-state index contributed by atoms with van der Waals surface area (Å²) in [5.41, 5.74) is 1.43. The van der Waals surface area contributed by atoms with Crippen LogP contribution in [-0.2, 0) is 19.6 Å². The van der Waals surface area contributed by atoms with Crippen LogP contribution in [0.2, 0.25) is 4.34 Å². The summed E-state index contributed by atoms with van der Waals surface area (Å²) >= 11 is 9.51. The standard InChI is InChI=1S/C14H19ClN2S2/c1-10-11(6-13(18-10)7-16-2)8-17(3)9-12-4-5-14(15)19-12/h4-6,16H,7-9H2,1-3H3. The summed E-state index contributed by atoms with van der Waals surface area (Å²) in [5, 5.41) is 3.20. The largest absolute Gasteiger partial charge is 0.315 e. The van der Waals surface area contributed by atoms with Crippen molar-refractivity contribution in [2.45, 2.75) is 26.6 Å². The predicted octanol–water partition coefficient (Wildman–Crippen LogP) is 4.12. The van der Waals surface area contributed by atoms with E-state index in [0.29, 0.717) is 0 Å². The highest BCUT2D eigenvalue weighted by Crippen LogP contribution is 2.25. The fourth-order valence-electron chi connectivity index (χ4n) is 2.06. The first kappa shape index (κ1) is 15.0. The van der Waals surface area contributed by atoms with Gasteiger partial charge in [-0.1, -0.05) is 11.6 Å². The lowest BCUT2D eigenvalue weighted by atomic mass is 10.2. The van der Waals surface area contributed by atoms with Crippen molar-refractivity contribution in [3.05, 3.63) is 42.7 Å². The van der Waals surface area contributed by atoms with E-state index >= 15 is 0 Å². The van der Waals surface area contributed by atoms with Gasteiger partial charge >= 0.3 is 0 Å². The topological polar surface area (TPSA) is 15.3 Å². The van der Waals surface area contributed by atoms with E-state index in [-0.39, 0.29) is 0 Å². The van der Waals surface area contributed by atoms with Crippen molar-refractivity contribution in [2.24, 2.45) is 0 Å². The number of thiophene rings is 2. The van der Waals surface area contributed by atoms with Gasteiger partial charge in [-0.15, -0.1) is 22.7 Å². The molecule has 0 amide bonds. The predicted molar refractivity (Wildman–Crippen MR) is 86.3 cm³/mol. The Kier molecular flexibility index (Phi) is 5.42. The second-order valence-electron chi connectivity index (χ2n) is 4.70. The molecular weight excluding hydrogens is 296 g/mol. The smallest absolute Gasteiger partial charge is 0.0931 e. The molecule has 19 heavy (non-hydrogen) atoms. The Hall–Kier alpha value is -0.390. The molecule has 0 spiro atoms. The molecule has 104 valence electrons. The minimum atomic E-state index is 0.867. The molecule has 0 unspecified atom stereocenters. The van der Waals surface area contributed by atoms with E-state index in [4.69, 9.17) is 11.6 Å². The molecule has 0 fully saturated rings. The number of nitrogens with one attached hydrogen (secondary N) is 1. The molecule has 2 aromatic heterocycles. The summed E-state index contributed by atoms with van der Waals surface area (Å²) in [4.78, 5) is 6.47. The molecule has 0 saturated carbocycles. The summed E-state index contributed by atoms with van der Waals surface area (Å²) in [6.45, 7) is 5.10. The van der Waals surface area contributed by atoms with E-state index in [9.17, 15) is 0 Å². The van der Waals surface area contributed by atoms with Gasteiger partial charge in [0.25, 0.3) is 0 Å². The highest BCUT2D eigenvalue weighted by Gasteiger charge is 2.09. The quantitative estimate of drug-likeness (QED) is 0.862. The molecule has 0 aliphatic heterocycles. The first-order valence-corrected chi connectivity index (χ1v) is 8.25. The van der Waals surface area contributed by atoms with E-state index in [1.807, 2.05) is 24.5 Å². The molecule has 0 aromatic carbocycles. The molecule has 0 bridgehead atoms. The van der Waals surface area contributed by atoms with Crippen molar-refractivity contribution in [1.29, 1.82) is 0 Å². The van der Waals surface area contributed by atoms with Crippen LogP contribution in [-0.4, -0.2) is 19.0 Å². The average Bonchev–Trinajstić information content (AvgIpc) is 2.87. The van der Waals surface area contributed by atoms with Crippen LogP contribution in [0.25, 0.3) is 0 Å². The lowest BCUT2D eigenvalue weighted by Crippen LogP contribution is -2.16. The van der Waals surface area contributed by atoms with Crippen LogP contribution in [0, 0.1) is 6.92 Å². The number of aryl methyl sites for hydroxylation is 1. The van der Waals surface area contributed by atoms with Crippen LogP contribution in [0.5, 0.6) is 0 Å². The Morgan fingerprint density at radius 2 is 2.00 bits per heavy atom. The van der Waals surface area contributed by atoms with Gasteiger partial charge in [-0.3, -0.25) is 4.90 Å². The SMILES string of the molecule is CNCc1cc(CN(C)Cc2ccc(Cl)s2)c(C)s1. The lowest BCUT2D eigenvalue weighted by Gasteiger charge is -2.15. The molecule has 0 radical (unpaired) electrons. The Morgan fingerprint density at radius 3 is 2.63 bits per heavy atom. The van der Waals surface area contributed by atoms with E-state index in [1.165, 1.54) is 20.2 Å². The first-order valence-electron chi connectivity index (χ1n) is 6.24. The summed E-state index contributed by atoms with van der Waals surface area (Å²) in [6, 6.07) is 6.39. The van der Waals surface area contributed by atoms with Gasteiger partial charge in [0, 0.05) is 34.3 Å². The molecule has 2 nitrogen and oxygen atoms in total. The Morgan fingerprint density at radius 1 is 1.21 bits per heavy atom. The van der Waals surface area contributed by atoms with Crippen molar-refractivity contribution in [3.63, 3.8) is 0 Å². The third-order valence-corrected chi connectivity index (χ3v) is 5.23. The third-order valence-electron chi connectivity index (χ3n) is 2.92. The van der Waals surface area contributed by atoms with Crippen molar-refractivity contribution < 1.29 is 0 Å². The maximum absolute atomic E-state index is 5.96. The van der Waals surface area contributed by atoms with E-state index in [2.05, 4.69) is 36.3 Å². The zero-order valence-electron chi connectivity index (χ0n) is 11.5. The van der Waals surface area contributed by atoms with Crippen LogP contribution in [0.1, 0.15) is 20.2 Å². The maximum atomic E-state index is 5.96. The summed E-state index contributed by atoms with van der Waals surface area (Å²) in [6.07, 6.45) is 0. The molecule has 0 atom stereocenters. The number of halogens is 1. The highest BCUT2D eigenvalue weighted by atomic mass is 35.5. The summed E-state index contributed by atoms with van der Waals surface area (Å²) in [7, 11) is 4.14. The number of hydrogen-bond acceptors (Lipinski definition) is 4. The monoisotopic (exact) mass is 314 g/mol. The minimum absolute atomic E-state index is 0.867. The fraction of sp³-hybridized carbons (Fsp3) is 0.429. The molecule has 2 aromatic rings. The van der Waals surface area contributed by atoms with E-state index in [1.54, 1.807) is 11.3 Å². The molecule has 0 saturated heterocycles. The molecule has 2 rings (SSSR count). The van der Waals surface area contributed by atoms with Crippen LogP contribution in [0.3, 0.4) is 0 Å². The zero-order valence-corrected chi connectivity index (χ0v) is 13.9. The number of nitrogens with zero attached hydrogens (tertiary/aromatic N) is 1. The van der Waals surface area contributed by atoms with Gasteiger partial charge in [-0.05, 0) is 44.8 Å². The van der Waals surface area contributed by atoms with Crippen molar-refractivity contribution in [2.75, 3.05) is 14.1 Å². The Bertz CT molecular complexity index is 533. The first-order chi connectivity index (χ1) is 9.08. The average molecular weight is 315 g/mol. The number of rotatable bonds is 6. The molecule has 0 aliphatic carbocycles. The van der Waals surface area contributed by atoms with Gasteiger partial charge in [0.15, 0.2) is 0 Å². The minimum Gasteiger partial charge on any atom is -0.315 e.